The first-order valence-corrected chi connectivity index (χ1v) is 6.65. The minimum atomic E-state index is -0.825. The zero-order valence-corrected chi connectivity index (χ0v) is 11.3. The first-order valence-electron chi connectivity index (χ1n) is 6.65. The Balaban J connectivity index is 2.43. The molecule has 1 saturated carbocycles. The molecule has 0 aromatic rings. The molecule has 100 valence electrons. The summed E-state index contributed by atoms with van der Waals surface area (Å²) >= 11 is 0. The predicted octanol–water partition coefficient (Wildman–Crippen LogP) is 1.56. The van der Waals surface area contributed by atoms with Gasteiger partial charge in [0, 0.05) is 13.1 Å². The number of hydrogen-bond acceptors (Lipinski definition) is 3. The number of carbonyl (C=O) groups is 1. The van der Waals surface area contributed by atoms with Gasteiger partial charge in [-0.05, 0) is 45.7 Å². The molecule has 1 atom stereocenters. The lowest BCUT2D eigenvalue weighted by Crippen LogP contribution is -2.57. The van der Waals surface area contributed by atoms with Crippen molar-refractivity contribution in [1.82, 2.24) is 10.2 Å². The Hall–Kier alpha value is -0.610. The van der Waals surface area contributed by atoms with Crippen molar-refractivity contribution in [3.05, 3.63) is 0 Å². The van der Waals surface area contributed by atoms with Crippen LogP contribution in [0.1, 0.15) is 39.5 Å². The third-order valence-corrected chi connectivity index (χ3v) is 3.62. The highest BCUT2D eigenvalue weighted by Gasteiger charge is 2.34. The molecule has 1 unspecified atom stereocenters. The fraction of sp³-hybridized carbons (Fsp3) is 0.923. The molecule has 2 N–H and O–H groups in total. The molecule has 1 fully saturated rings. The average Bonchev–Trinajstić information content (AvgIpc) is 2.20. The van der Waals surface area contributed by atoms with E-state index >= 15 is 0 Å². The Morgan fingerprint density at radius 1 is 1.53 bits per heavy atom. The van der Waals surface area contributed by atoms with Crippen LogP contribution < -0.4 is 5.32 Å². The fourth-order valence-corrected chi connectivity index (χ4v) is 2.32. The Morgan fingerprint density at radius 3 is 2.59 bits per heavy atom. The van der Waals surface area contributed by atoms with E-state index in [9.17, 15) is 9.90 Å². The summed E-state index contributed by atoms with van der Waals surface area (Å²) in [7, 11) is 2.02. The first-order chi connectivity index (χ1) is 7.98. The van der Waals surface area contributed by atoms with Crippen molar-refractivity contribution in [1.29, 1.82) is 0 Å². The van der Waals surface area contributed by atoms with Crippen LogP contribution in [-0.4, -0.2) is 48.2 Å². The van der Waals surface area contributed by atoms with Gasteiger partial charge >= 0.3 is 5.97 Å². The molecular weight excluding hydrogens is 216 g/mol. The van der Waals surface area contributed by atoms with Crippen LogP contribution in [0.2, 0.25) is 0 Å². The van der Waals surface area contributed by atoms with Gasteiger partial charge in [0.2, 0.25) is 0 Å². The molecule has 17 heavy (non-hydrogen) atoms. The van der Waals surface area contributed by atoms with Crippen LogP contribution in [-0.2, 0) is 4.79 Å². The lowest BCUT2D eigenvalue weighted by molar-refractivity contribution is -0.145. The molecule has 0 heterocycles. The number of nitrogens with one attached hydrogen (secondary N) is 1. The quantitative estimate of drug-likeness (QED) is 0.678. The average molecular weight is 242 g/mol. The molecule has 0 aliphatic heterocycles. The zero-order chi connectivity index (χ0) is 12.9. The monoisotopic (exact) mass is 242 g/mol. The van der Waals surface area contributed by atoms with Crippen LogP contribution in [0.4, 0.5) is 0 Å². The molecule has 0 spiro atoms. The van der Waals surface area contributed by atoms with Crippen molar-refractivity contribution in [2.24, 2.45) is 5.92 Å². The summed E-state index contributed by atoms with van der Waals surface area (Å²) in [5.74, 6) is 0.0237. The van der Waals surface area contributed by atoms with Crippen LogP contribution in [0.25, 0.3) is 0 Å². The minimum Gasteiger partial charge on any atom is -0.480 e. The van der Waals surface area contributed by atoms with E-state index in [1.807, 2.05) is 14.0 Å². The Labute approximate surface area is 104 Å². The summed E-state index contributed by atoms with van der Waals surface area (Å²) in [5, 5.41) is 12.5. The number of carboxylic acid groups (broad SMARTS) is 1. The lowest BCUT2D eigenvalue weighted by atomic mass is 9.85. The van der Waals surface area contributed by atoms with E-state index in [2.05, 4.69) is 10.2 Å². The van der Waals surface area contributed by atoms with Gasteiger partial charge in [-0.15, -0.1) is 0 Å². The fourth-order valence-electron chi connectivity index (χ4n) is 2.32. The molecule has 1 aliphatic rings. The maximum Gasteiger partial charge on any atom is 0.324 e. The lowest BCUT2D eigenvalue weighted by Gasteiger charge is -2.35. The molecule has 0 aromatic carbocycles. The van der Waals surface area contributed by atoms with E-state index < -0.39 is 11.5 Å². The van der Waals surface area contributed by atoms with Crippen molar-refractivity contribution in [2.45, 2.75) is 45.1 Å². The van der Waals surface area contributed by atoms with E-state index in [0.717, 1.165) is 25.4 Å². The van der Waals surface area contributed by atoms with Crippen LogP contribution in [0.5, 0.6) is 0 Å². The SMILES string of the molecule is CCCNC(C)(CN(C)CC1CCC1)C(=O)O. The molecule has 0 saturated heterocycles. The Morgan fingerprint density at radius 2 is 2.18 bits per heavy atom. The van der Waals surface area contributed by atoms with Gasteiger partial charge in [0.25, 0.3) is 0 Å². The number of nitrogens with zero attached hydrogens (tertiary/aromatic N) is 1. The Kier molecular flexibility index (Phi) is 5.40. The topological polar surface area (TPSA) is 52.6 Å². The van der Waals surface area contributed by atoms with Crippen molar-refractivity contribution < 1.29 is 9.90 Å². The summed E-state index contributed by atoms with van der Waals surface area (Å²) < 4.78 is 0. The number of hydrogen-bond donors (Lipinski definition) is 2. The van der Waals surface area contributed by atoms with Crippen molar-refractivity contribution in [2.75, 3.05) is 26.7 Å². The summed E-state index contributed by atoms with van der Waals surface area (Å²) in [6.07, 6.45) is 4.89. The summed E-state index contributed by atoms with van der Waals surface area (Å²) in [6, 6.07) is 0. The van der Waals surface area contributed by atoms with E-state index in [1.54, 1.807) is 6.92 Å². The standard InChI is InChI=1S/C13H26N2O2/c1-4-8-14-13(2,12(16)17)10-15(3)9-11-6-5-7-11/h11,14H,4-10H2,1-3H3,(H,16,17). The van der Waals surface area contributed by atoms with Crippen LogP contribution in [0, 0.1) is 5.92 Å². The number of aliphatic carboxylic acids is 1. The second-order valence-electron chi connectivity index (χ2n) is 5.56. The minimum absolute atomic E-state index is 0.568. The van der Waals surface area contributed by atoms with Gasteiger partial charge in [0.15, 0.2) is 0 Å². The smallest absolute Gasteiger partial charge is 0.324 e. The molecular formula is C13H26N2O2. The number of carboxylic acids is 1. The third-order valence-electron chi connectivity index (χ3n) is 3.62. The van der Waals surface area contributed by atoms with E-state index in [0.29, 0.717) is 6.54 Å². The highest BCUT2D eigenvalue weighted by molar-refractivity contribution is 5.78. The summed E-state index contributed by atoms with van der Waals surface area (Å²) in [6.45, 7) is 6.17. The van der Waals surface area contributed by atoms with Gasteiger partial charge in [-0.25, -0.2) is 0 Å². The maximum atomic E-state index is 11.3. The highest BCUT2D eigenvalue weighted by Crippen LogP contribution is 2.27. The van der Waals surface area contributed by atoms with Gasteiger partial charge in [-0.2, -0.15) is 0 Å². The summed E-state index contributed by atoms with van der Waals surface area (Å²) in [5.41, 5.74) is -0.825. The van der Waals surface area contributed by atoms with E-state index in [-0.39, 0.29) is 0 Å². The number of likely N-dealkylation sites (N-methyl/N-ethyl adjacent to an activating group) is 1. The molecule has 4 heteroatoms. The van der Waals surface area contributed by atoms with Crippen molar-refractivity contribution in [3.8, 4) is 0 Å². The van der Waals surface area contributed by atoms with Gasteiger partial charge in [-0.1, -0.05) is 13.3 Å². The second kappa shape index (κ2) is 6.36. The largest absolute Gasteiger partial charge is 0.480 e. The normalized spacial score (nSPS) is 20.0. The van der Waals surface area contributed by atoms with Crippen LogP contribution in [0.15, 0.2) is 0 Å². The molecule has 1 rings (SSSR count). The number of rotatable bonds is 8. The third kappa shape index (κ3) is 4.28. The Bertz CT molecular complexity index is 254. The van der Waals surface area contributed by atoms with Gasteiger partial charge in [0.05, 0.1) is 0 Å². The van der Waals surface area contributed by atoms with Gasteiger partial charge in [-0.3, -0.25) is 4.79 Å². The second-order valence-corrected chi connectivity index (χ2v) is 5.56. The first kappa shape index (κ1) is 14.5. The molecule has 0 amide bonds. The molecule has 0 radical (unpaired) electrons. The zero-order valence-electron chi connectivity index (χ0n) is 11.3. The van der Waals surface area contributed by atoms with E-state index in [1.165, 1.54) is 19.3 Å². The van der Waals surface area contributed by atoms with Crippen LogP contribution in [0.3, 0.4) is 0 Å². The molecule has 0 bridgehead atoms. The van der Waals surface area contributed by atoms with Crippen molar-refractivity contribution in [3.63, 3.8) is 0 Å². The van der Waals surface area contributed by atoms with E-state index in [4.69, 9.17) is 0 Å². The van der Waals surface area contributed by atoms with Gasteiger partial charge in [0.1, 0.15) is 5.54 Å². The maximum absolute atomic E-state index is 11.3. The van der Waals surface area contributed by atoms with Gasteiger partial charge < -0.3 is 15.3 Å². The molecule has 4 nitrogen and oxygen atoms in total. The van der Waals surface area contributed by atoms with Crippen molar-refractivity contribution >= 4 is 5.97 Å². The molecule has 1 aliphatic carbocycles. The predicted molar refractivity (Wildman–Crippen MR) is 69.2 cm³/mol. The summed E-state index contributed by atoms with van der Waals surface area (Å²) in [4.78, 5) is 13.5. The molecule has 0 aromatic heterocycles. The highest BCUT2D eigenvalue weighted by atomic mass is 16.4. The van der Waals surface area contributed by atoms with Crippen LogP contribution >= 0.6 is 0 Å².